The average Bonchev–Trinajstić information content (AvgIpc) is 2.84. The van der Waals surface area contributed by atoms with E-state index in [0.717, 1.165) is 5.56 Å². The third-order valence-electron chi connectivity index (χ3n) is 3.01. The molecular formula is C12H12BN5O4. The number of rotatable bonds is 4. The van der Waals surface area contributed by atoms with E-state index in [1.54, 1.807) is 28.8 Å². The van der Waals surface area contributed by atoms with Crippen LogP contribution in [0.4, 0.5) is 5.95 Å². The van der Waals surface area contributed by atoms with E-state index in [-0.39, 0.29) is 17.0 Å². The molecule has 22 heavy (non-hydrogen) atoms. The number of imidazole rings is 1. The molecule has 0 saturated carbocycles. The van der Waals surface area contributed by atoms with E-state index >= 15 is 0 Å². The summed E-state index contributed by atoms with van der Waals surface area (Å²) < 4.78 is 6.42. The van der Waals surface area contributed by atoms with Crippen molar-refractivity contribution in [3.05, 3.63) is 46.5 Å². The number of hydrogen-bond acceptors (Lipinski definition) is 7. The van der Waals surface area contributed by atoms with E-state index in [1.807, 2.05) is 0 Å². The van der Waals surface area contributed by atoms with Crippen LogP contribution in [0.25, 0.3) is 11.2 Å². The van der Waals surface area contributed by atoms with Gasteiger partial charge in [-0.2, -0.15) is 4.98 Å². The molecule has 0 amide bonds. The molecule has 0 atom stereocenters. The molecule has 2 aromatic heterocycles. The molecule has 0 spiro atoms. The van der Waals surface area contributed by atoms with Crippen molar-refractivity contribution < 1.29 is 14.7 Å². The Morgan fingerprint density at radius 1 is 1.32 bits per heavy atom. The smallest absolute Gasteiger partial charge is 0.512 e. The molecular weight excluding hydrogens is 289 g/mol. The highest BCUT2D eigenvalue weighted by molar-refractivity contribution is 6.33. The first-order chi connectivity index (χ1) is 10.5. The summed E-state index contributed by atoms with van der Waals surface area (Å²) >= 11 is 0. The van der Waals surface area contributed by atoms with Crippen molar-refractivity contribution in [3.63, 3.8) is 0 Å². The highest BCUT2D eigenvalue weighted by Crippen LogP contribution is 2.15. The van der Waals surface area contributed by atoms with E-state index in [1.165, 1.54) is 6.33 Å². The molecule has 0 bridgehead atoms. The first-order valence-electron chi connectivity index (χ1n) is 6.35. The van der Waals surface area contributed by atoms with Crippen molar-refractivity contribution in [1.29, 1.82) is 0 Å². The molecule has 3 rings (SSSR count). The standard InChI is InChI=1S/C12H12BN5O4/c14-12-16-10-9(11(19)17-12)15-6-18(10)5-7-1-3-8(4-2-7)22-13(20)21/h1-4,6,20-21H,5H2,(H3,14,16,17,19). The number of fused-ring (bicyclic) bond motifs is 1. The molecule has 2 heterocycles. The summed E-state index contributed by atoms with van der Waals surface area (Å²) in [4.78, 5) is 22.2. The van der Waals surface area contributed by atoms with Crippen molar-refractivity contribution in [2.45, 2.75) is 6.54 Å². The van der Waals surface area contributed by atoms with Crippen LogP contribution in [0, 0.1) is 0 Å². The summed E-state index contributed by atoms with van der Waals surface area (Å²) in [7, 11) is -1.86. The largest absolute Gasteiger partial charge is 0.707 e. The van der Waals surface area contributed by atoms with E-state index in [2.05, 4.69) is 15.0 Å². The monoisotopic (exact) mass is 301 g/mol. The fourth-order valence-electron chi connectivity index (χ4n) is 2.08. The predicted octanol–water partition coefficient (Wildman–Crippen LogP) is -0.902. The van der Waals surface area contributed by atoms with Crippen LogP contribution in [0.3, 0.4) is 0 Å². The molecule has 9 nitrogen and oxygen atoms in total. The van der Waals surface area contributed by atoms with Gasteiger partial charge in [-0.3, -0.25) is 9.78 Å². The number of benzene rings is 1. The second-order valence-electron chi connectivity index (χ2n) is 4.58. The highest BCUT2D eigenvalue weighted by Gasteiger charge is 2.12. The Bertz CT molecular complexity index is 858. The maximum Gasteiger partial charge on any atom is 0.707 e. The van der Waals surface area contributed by atoms with Crippen LogP contribution >= 0.6 is 0 Å². The zero-order chi connectivity index (χ0) is 15.7. The van der Waals surface area contributed by atoms with Crippen molar-refractivity contribution in [2.24, 2.45) is 0 Å². The molecule has 5 N–H and O–H groups in total. The van der Waals surface area contributed by atoms with Crippen molar-refractivity contribution in [1.82, 2.24) is 19.5 Å². The molecule has 0 radical (unpaired) electrons. The summed E-state index contributed by atoms with van der Waals surface area (Å²) in [6.45, 7) is 0.425. The van der Waals surface area contributed by atoms with Gasteiger partial charge in [0.1, 0.15) is 5.75 Å². The topological polar surface area (TPSA) is 139 Å². The summed E-state index contributed by atoms with van der Waals surface area (Å²) in [5, 5.41) is 17.4. The predicted molar refractivity (Wildman–Crippen MR) is 78.9 cm³/mol. The van der Waals surface area contributed by atoms with Gasteiger partial charge < -0.3 is 25.0 Å². The molecule has 10 heteroatoms. The Kier molecular flexibility index (Phi) is 3.53. The molecule has 112 valence electrons. The lowest BCUT2D eigenvalue weighted by Crippen LogP contribution is -2.20. The van der Waals surface area contributed by atoms with Crippen molar-refractivity contribution in [3.8, 4) is 5.75 Å². The van der Waals surface area contributed by atoms with Crippen LogP contribution in [0.15, 0.2) is 35.4 Å². The quantitative estimate of drug-likeness (QED) is 0.458. The Morgan fingerprint density at radius 3 is 2.73 bits per heavy atom. The summed E-state index contributed by atoms with van der Waals surface area (Å²) in [6, 6.07) is 6.70. The van der Waals surface area contributed by atoms with Gasteiger partial charge in [0, 0.05) is 0 Å². The highest BCUT2D eigenvalue weighted by atomic mass is 16.6. The van der Waals surface area contributed by atoms with Crippen LogP contribution in [-0.4, -0.2) is 36.9 Å². The van der Waals surface area contributed by atoms with Gasteiger partial charge in [-0.1, -0.05) is 12.1 Å². The molecule has 1 aromatic carbocycles. The summed E-state index contributed by atoms with van der Waals surface area (Å²) in [5.74, 6) is 0.355. The van der Waals surface area contributed by atoms with Crippen molar-refractivity contribution in [2.75, 3.05) is 5.73 Å². The average molecular weight is 301 g/mol. The fraction of sp³-hybridized carbons (Fsp3) is 0.0833. The number of H-pyrrole nitrogens is 1. The molecule has 0 saturated heterocycles. The minimum atomic E-state index is -1.86. The third-order valence-corrected chi connectivity index (χ3v) is 3.01. The number of hydrogen-bond donors (Lipinski definition) is 4. The van der Waals surface area contributed by atoms with E-state index in [9.17, 15) is 4.79 Å². The summed E-state index contributed by atoms with van der Waals surface area (Å²) in [5.41, 5.74) is 6.66. The first kappa shape index (κ1) is 14.1. The minimum Gasteiger partial charge on any atom is -0.512 e. The molecule has 0 aliphatic carbocycles. The first-order valence-corrected chi connectivity index (χ1v) is 6.35. The Labute approximate surface area is 124 Å². The number of nitrogen functional groups attached to an aromatic ring is 1. The minimum absolute atomic E-state index is 0.0277. The summed E-state index contributed by atoms with van der Waals surface area (Å²) in [6.07, 6.45) is 1.51. The van der Waals surface area contributed by atoms with Crippen LogP contribution in [0.2, 0.25) is 0 Å². The van der Waals surface area contributed by atoms with Gasteiger partial charge >= 0.3 is 7.32 Å². The Morgan fingerprint density at radius 2 is 2.05 bits per heavy atom. The van der Waals surface area contributed by atoms with E-state index in [4.69, 9.17) is 20.4 Å². The van der Waals surface area contributed by atoms with Crippen LogP contribution < -0.4 is 15.9 Å². The lowest BCUT2D eigenvalue weighted by atomic mass is 10.2. The van der Waals surface area contributed by atoms with Crippen LogP contribution in [0.5, 0.6) is 5.75 Å². The molecule has 0 fully saturated rings. The number of aromatic amines is 1. The zero-order valence-electron chi connectivity index (χ0n) is 11.3. The number of nitrogens with one attached hydrogen (secondary N) is 1. The maximum absolute atomic E-state index is 11.7. The fourth-order valence-corrected chi connectivity index (χ4v) is 2.08. The van der Waals surface area contributed by atoms with Gasteiger partial charge in [0.2, 0.25) is 5.95 Å². The van der Waals surface area contributed by atoms with Crippen molar-refractivity contribution >= 4 is 24.4 Å². The van der Waals surface area contributed by atoms with Gasteiger partial charge in [0.05, 0.1) is 12.9 Å². The second kappa shape index (κ2) is 5.50. The Hall–Kier alpha value is -2.85. The zero-order valence-corrected chi connectivity index (χ0v) is 11.3. The van der Waals surface area contributed by atoms with Gasteiger partial charge in [-0.05, 0) is 17.7 Å². The third kappa shape index (κ3) is 2.78. The van der Waals surface area contributed by atoms with Crippen LogP contribution in [0.1, 0.15) is 5.56 Å². The number of anilines is 1. The molecule has 0 aliphatic rings. The van der Waals surface area contributed by atoms with Gasteiger partial charge in [0.25, 0.3) is 5.56 Å². The van der Waals surface area contributed by atoms with Gasteiger partial charge in [-0.25, -0.2) is 4.98 Å². The van der Waals surface area contributed by atoms with Crippen LogP contribution in [-0.2, 0) is 6.54 Å². The maximum atomic E-state index is 11.7. The lowest BCUT2D eigenvalue weighted by Gasteiger charge is -2.07. The normalized spacial score (nSPS) is 10.8. The van der Waals surface area contributed by atoms with Gasteiger partial charge in [-0.15, -0.1) is 0 Å². The lowest BCUT2D eigenvalue weighted by molar-refractivity contribution is 0.288. The SMILES string of the molecule is Nc1nc2c(ncn2Cc2ccc(OB(O)O)cc2)c(=O)[nH]1. The number of aromatic nitrogens is 4. The van der Waals surface area contributed by atoms with E-state index in [0.29, 0.717) is 17.9 Å². The van der Waals surface area contributed by atoms with E-state index < -0.39 is 7.32 Å². The number of nitrogens with zero attached hydrogens (tertiary/aromatic N) is 3. The molecule has 0 unspecified atom stereocenters. The second-order valence-corrected chi connectivity index (χ2v) is 4.58. The number of nitrogens with two attached hydrogens (primary N) is 1. The van der Waals surface area contributed by atoms with Gasteiger partial charge in [0.15, 0.2) is 11.2 Å². The Balaban J connectivity index is 1.88. The molecule has 0 aliphatic heterocycles. The molecule has 3 aromatic rings.